The topological polar surface area (TPSA) is 65.7 Å². The number of methoxy groups -OCH3 is 2. The normalized spacial score (nSPS) is 12.1. The highest BCUT2D eigenvalue weighted by molar-refractivity contribution is 7.15. The zero-order valence-corrected chi connectivity index (χ0v) is 16.1. The van der Waals surface area contributed by atoms with Crippen LogP contribution < -0.4 is 19.6 Å². The highest BCUT2D eigenvalue weighted by Gasteiger charge is 2.14. The van der Waals surface area contributed by atoms with Gasteiger partial charge in [-0.05, 0) is 24.3 Å². The molecule has 0 spiro atoms. The first-order chi connectivity index (χ1) is 13.7. The molecule has 0 amide bonds. The molecule has 140 valence electrons. The Bertz CT molecular complexity index is 1270. The van der Waals surface area contributed by atoms with Gasteiger partial charge in [0.2, 0.25) is 4.96 Å². The quantitative estimate of drug-likeness (QED) is 0.523. The van der Waals surface area contributed by atoms with Crippen LogP contribution in [-0.4, -0.2) is 28.8 Å². The van der Waals surface area contributed by atoms with Crippen molar-refractivity contribution in [2.45, 2.75) is 0 Å². The van der Waals surface area contributed by atoms with Gasteiger partial charge in [0.25, 0.3) is 5.56 Å². The Morgan fingerprint density at radius 1 is 1.00 bits per heavy atom. The average Bonchev–Trinajstić information content (AvgIpc) is 3.28. The lowest BCUT2D eigenvalue weighted by atomic mass is 10.2. The summed E-state index contributed by atoms with van der Waals surface area (Å²) in [5, 5.41) is 4.36. The van der Waals surface area contributed by atoms with E-state index in [0.29, 0.717) is 21.1 Å². The molecule has 2 aromatic carbocycles. The second kappa shape index (κ2) is 7.66. The maximum absolute atomic E-state index is 12.6. The van der Waals surface area contributed by atoms with Gasteiger partial charge >= 0.3 is 0 Å². The third-order valence-corrected chi connectivity index (χ3v) is 5.17. The molecule has 0 bridgehead atoms. The highest BCUT2D eigenvalue weighted by Crippen LogP contribution is 2.27. The molecule has 4 rings (SSSR count). The van der Waals surface area contributed by atoms with Crippen LogP contribution in [0.3, 0.4) is 0 Å². The number of thiazole rings is 1. The van der Waals surface area contributed by atoms with E-state index in [1.165, 1.54) is 15.9 Å². The van der Waals surface area contributed by atoms with Crippen molar-refractivity contribution in [1.29, 1.82) is 0 Å². The maximum atomic E-state index is 12.6. The molecule has 4 aromatic rings. The molecular formula is C21H17N3O3S. The SMILES string of the molecule is COc1ccccc1C=CC=c1sc2nc(-c3ccccc3OC)nn2c1=O. The van der Waals surface area contributed by atoms with Crippen molar-refractivity contribution >= 4 is 28.4 Å². The van der Waals surface area contributed by atoms with Crippen molar-refractivity contribution in [3.05, 3.63) is 75.1 Å². The minimum Gasteiger partial charge on any atom is -0.496 e. The van der Waals surface area contributed by atoms with Crippen LogP contribution in [0.2, 0.25) is 0 Å². The molecule has 0 aliphatic carbocycles. The second-order valence-electron chi connectivity index (χ2n) is 5.87. The summed E-state index contributed by atoms with van der Waals surface area (Å²) in [6, 6.07) is 15.1. The number of benzene rings is 2. The van der Waals surface area contributed by atoms with E-state index < -0.39 is 0 Å². The third kappa shape index (κ3) is 3.27. The molecule has 0 radical (unpaired) electrons. The van der Waals surface area contributed by atoms with Crippen LogP contribution in [0.1, 0.15) is 5.56 Å². The maximum Gasteiger partial charge on any atom is 0.291 e. The van der Waals surface area contributed by atoms with Crippen LogP contribution in [0.15, 0.2) is 59.4 Å². The molecule has 0 aliphatic rings. The van der Waals surface area contributed by atoms with Crippen LogP contribution >= 0.6 is 11.3 Å². The Hall–Kier alpha value is -3.45. The van der Waals surface area contributed by atoms with Crippen molar-refractivity contribution in [2.24, 2.45) is 0 Å². The van der Waals surface area contributed by atoms with Crippen LogP contribution in [0, 0.1) is 0 Å². The van der Waals surface area contributed by atoms with Crippen LogP contribution in [0.25, 0.3) is 28.5 Å². The lowest BCUT2D eigenvalue weighted by Gasteiger charge is -2.03. The number of fused-ring (bicyclic) bond motifs is 1. The highest BCUT2D eigenvalue weighted by atomic mass is 32.1. The summed E-state index contributed by atoms with van der Waals surface area (Å²) >= 11 is 1.30. The van der Waals surface area contributed by atoms with Crippen LogP contribution in [0.4, 0.5) is 0 Å². The summed E-state index contributed by atoms with van der Waals surface area (Å²) in [7, 11) is 3.23. The van der Waals surface area contributed by atoms with Gasteiger partial charge in [-0.25, -0.2) is 0 Å². The fraction of sp³-hybridized carbons (Fsp3) is 0.0952. The van der Waals surface area contributed by atoms with E-state index in [0.717, 1.165) is 16.9 Å². The number of ether oxygens (including phenoxy) is 2. The molecule has 2 aromatic heterocycles. The molecule has 0 fully saturated rings. The zero-order chi connectivity index (χ0) is 19.5. The zero-order valence-electron chi connectivity index (χ0n) is 15.3. The summed E-state index contributed by atoms with van der Waals surface area (Å²) < 4.78 is 12.6. The number of aromatic nitrogens is 3. The molecule has 0 unspecified atom stereocenters. The fourth-order valence-corrected chi connectivity index (χ4v) is 3.69. The van der Waals surface area contributed by atoms with Crippen molar-refractivity contribution in [3.63, 3.8) is 0 Å². The Morgan fingerprint density at radius 2 is 1.71 bits per heavy atom. The number of hydrogen-bond acceptors (Lipinski definition) is 6. The van der Waals surface area contributed by atoms with E-state index >= 15 is 0 Å². The first-order valence-electron chi connectivity index (χ1n) is 8.55. The van der Waals surface area contributed by atoms with Gasteiger partial charge in [0.15, 0.2) is 5.82 Å². The molecule has 28 heavy (non-hydrogen) atoms. The first-order valence-corrected chi connectivity index (χ1v) is 9.37. The van der Waals surface area contributed by atoms with Gasteiger partial charge in [0.05, 0.1) is 24.3 Å². The third-order valence-electron chi connectivity index (χ3n) is 4.19. The minimum absolute atomic E-state index is 0.196. The number of nitrogens with zero attached hydrogens (tertiary/aromatic N) is 3. The Morgan fingerprint density at radius 3 is 2.46 bits per heavy atom. The van der Waals surface area contributed by atoms with Gasteiger partial charge in [-0.2, -0.15) is 9.50 Å². The summed E-state index contributed by atoms with van der Waals surface area (Å²) in [6.07, 6.45) is 5.48. The van der Waals surface area contributed by atoms with Crippen molar-refractivity contribution < 1.29 is 9.47 Å². The van der Waals surface area contributed by atoms with Crippen molar-refractivity contribution in [3.8, 4) is 22.9 Å². The van der Waals surface area contributed by atoms with E-state index in [9.17, 15) is 4.79 Å². The molecule has 2 heterocycles. The van der Waals surface area contributed by atoms with Crippen molar-refractivity contribution in [2.75, 3.05) is 14.2 Å². The lowest BCUT2D eigenvalue weighted by molar-refractivity contribution is 0.414. The smallest absolute Gasteiger partial charge is 0.291 e. The molecule has 0 atom stereocenters. The molecule has 0 N–H and O–H groups in total. The minimum atomic E-state index is -0.196. The first kappa shape index (κ1) is 17.9. The molecule has 0 saturated carbocycles. The van der Waals surface area contributed by atoms with Crippen LogP contribution in [-0.2, 0) is 0 Å². The van der Waals surface area contributed by atoms with E-state index in [2.05, 4.69) is 10.1 Å². The predicted molar refractivity (Wildman–Crippen MR) is 111 cm³/mol. The van der Waals surface area contributed by atoms with E-state index in [1.807, 2.05) is 60.7 Å². The van der Waals surface area contributed by atoms with E-state index in [4.69, 9.17) is 9.47 Å². The Labute approximate surface area is 165 Å². The van der Waals surface area contributed by atoms with Crippen LogP contribution in [0.5, 0.6) is 11.5 Å². The monoisotopic (exact) mass is 391 g/mol. The van der Waals surface area contributed by atoms with Gasteiger partial charge in [-0.1, -0.05) is 53.8 Å². The standard InChI is InChI=1S/C21H17N3O3S/c1-26-16-11-5-3-8-14(16)9-7-13-18-20(25)24-21(28-18)22-19(23-24)15-10-4-6-12-17(15)27-2/h3-13H,1-2H3. The van der Waals surface area contributed by atoms with E-state index in [1.54, 1.807) is 20.3 Å². The molecule has 0 saturated heterocycles. The molecule has 6 nitrogen and oxygen atoms in total. The Kier molecular flexibility index (Phi) is 4.90. The lowest BCUT2D eigenvalue weighted by Crippen LogP contribution is -2.23. The number of para-hydroxylation sites is 2. The van der Waals surface area contributed by atoms with Crippen molar-refractivity contribution in [1.82, 2.24) is 14.6 Å². The molecular weight excluding hydrogens is 374 g/mol. The summed E-state index contributed by atoms with van der Waals surface area (Å²) in [4.78, 5) is 17.7. The van der Waals surface area contributed by atoms with Gasteiger partial charge in [-0.15, -0.1) is 5.10 Å². The number of allylic oxidation sites excluding steroid dienone is 1. The Balaban J connectivity index is 1.70. The van der Waals surface area contributed by atoms with Gasteiger partial charge in [-0.3, -0.25) is 4.79 Å². The summed E-state index contributed by atoms with van der Waals surface area (Å²) in [5.41, 5.74) is 1.49. The summed E-state index contributed by atoms with van der Waals surface area (Å²) in [5.74, 6) is 1.91. The average molecular weight is 391 g/mol. The number of hydrogen-bond donors (Lipinski definition) is 0. The van der Waals surface area contributed by atoms with E-state index in [-0.39, 0.29) is 5.56 Å². The fourth-order valence-electron chi connectivity index (χ4n) is 2.83. The number of rotatable bonds is 5. The van der Waals surface area contributed by atoms with Gasteiger partial charge in [0.1, 0.15) is 11.5 Å². The second-order valence-corrected chi connectivity index (χ2v) is 6.88. The largest absolute Gasteiger partial charge is 0.496 e. The molecule has 0 aliphatic heterocycles. The predicted octanol–water partition coefficient (Wildman–Crippen LogP) is 3.05. The van der Waals surface area contributed by atoms with Gasteiger partial charge < -0.3 is 9.47 Å². The van der Waals surface area contributed by atoms with Gasteiger partial charge in [0, 0.05) is 5.56 Å². The summed E-state index contributed by atoms with van der Waals surface area (Å²) in [6.45, 7) is 0. The molecule has 7 heteroatoms.